The van der Waals surface area contributed by atoms with E-state index in [1.54, 1.807) is 15.6 Å². The molecule has 2 aliphatic rings. The SMILES string of the molecule is Cc1ncsc1CN1CCc2nnc(C3CCCCN3S(C)(=O)=O)n2CC1. The second kappa shape index (κ2) is 7.57. The summed E-state index contributed by atoms with van der Waals surface area (Å²) in [6.45, 7) is 6.16. The Morgan fingerprint density at radius 1 is 1.19 bits per heavy atom. The van der Waals surface area contributed by atoms with E-state index in [1.807, 2.05) is 5.51 Å². The van der Waals surface area contributed by atoms with Crippen LogP contribution in [0.2, 0.25) is 0 Å². The average Bonchev–Trinajstić information content (AvgIpc) is 3.17. The van der Waals surface area contributed by atoms with Gasteiger partial charge >= 0.3 is 0 Å². The smallest absolute Gasteiger partial charge is 0.211 e. The molecule has 8 nitrogen and oxygen atoms in total. The molecule has 0 amide bonds. The van der Waals surface area contributed by atoms with Crippen LogP contribution in [0, 0.1) is 6.92 Å². The highest BCUT2D eigenvalue weighted by molar-refractivity contribution is 7.88. The summed E-state index contributed by atoms with van der Waals surface area (Å²) < 4.78 is 28.3. The number of hydrogen-bond donors (Lipinski definition) is 0. The van der Waals surface area contributed by atoms with Gasteiger partial charge in [0.15, 0.2) is 5.82 Å². The quantitative estimate of drug-likeness (QED) is 0.761. The van der Waals surface area contributed by atoms with Gasteiger partial charge in [-0.2, -0.15) is 4.31 Å². The molecule has 10 heteroatoms. The van der Waals surface area contributed by atoms with Crippen LogP contribution in [0.5, 0.6) is 0 Å². The third-order valence-corrected chi connectivity index (χ3v) is 7.75. The Labute approximate surface area is 164 Å². The van der Waals surface area contributed by atoms with Crippen LogP contribution in [-0.4, -0.2) is 63.3 Å². The second-order valence-electron chi connectivity index (χ2n) is 7.40. The van der Waals surface area contributed by atoms with Gasteiger partial charge in [-0.15, -0.1) is 21.5 Å². The summed E-state index contributed by atoms with van der Waals surface area (Å²) in [5, 5.41) is 8.83. The maximum atomic E-state index is 12.2. The van der Waals surface area contributed by atoms with E-state index in [0.29, 0.717) is 6.54 Å². The Hall–Kier alpha value is -1.36. The van der Waals surface area contributed by atoms with Gasteiger partial charge in [-0.1, -0.05) is 6.42 Å². The molecule has 1 unspecified atom stereocenters. The molecule has 148 valence electrons. The van der Waals surface area contributed by atoms with Crippen LogP contribution in [0.3, 0.4) is 0 Å². The Balaban J connectivity index is 1.53. The number of aromatic nitrogens is 4. The Kier molecular flexibility index (Phi) is 5.32. The number of sulfonamides is 1. The monoisotopic (exact) mass is 410 g/mol. The van der Waals surface area contributed by atoms with Crippen molar-refractivity contribution in [2.75, 3.05) is 25.9 Å². The zero-order valence-corrected chi connectivity index (χ0v) is 17.5. The van der Waals surface area contributed by atoms with Gasteiger partial charge in [0.2, 0.25) is 10.0 Å². The van der Waals surface area contributed by atoms with Crippen molar-refractivity contribution < 1.29 is 8.42 Å². The van der Waals surface area contributed by atoms with Crippen LogP contribution in [0.25, 0.3) is 0 Å². The first kappa shape index (κ1) is 19.0. The summed E-state index contributed by atoms with van der Waals surface area (Å²) in [4.78, 5) is 8.08. The summed E-state index contributed by atoms with van der Waals surface area (Å²) >= 11 is 1.70. The minimum atomic E-state index is -3.25. The summed E-state index contributed by atoms with van der Waals surface area (Å²) in [5.41, 5.74) is 3.01. The van der Waals surface area contributed by atoms with Crippen molar-refractivity contribution in [3.8, 4) is 0 Å². The number of aryl methyl sites for hydroxylation is 1. The van der Waals surface area contributed by atoms with Crippen molar-refractivity contribution in [3.05, 3.63) is 27.7 Å². The number of piperidine rings is 1. The molecule has 2 aliphatic heterocycles. The van der Waals surface area contributed by atoms with Crippen LogP contribution in [0.1, 0.15) is 47.5 Å². The van der Waals surface area contributed by atoms with E-state index in [9.17, 15) is 8.42 Å². The van der Waals surface area contributed by atoms with Crippen LogP contribution < -0.4 is 0 Å². The van der Waals surface area contributed by atoms with Gasteiger partial charge in [0.25, 0.3) is 0 Å². The van der Waals surface area contributed by atoms with E-state index >= 15 is 0 Å². The van der Waals surface area contributed by atoms with Crippen LogP contribution in [-0.2, 0) is 29.5 Å². The molecule has 27 heavy (non-hydrogen) atoms. The topological polar surface area (TPSA) is 84.2 Å². The third kappa shape index (κ3) is 3.94. The zero-order valence-electron chi connectivity index (χ0n) is 15.8. The average molecular weight is 411 g/mol. The molecule has 0 N–H and O–H groups in total. The van der Waals surface area contributed by atoms with E-state index in [-0.39, 0.29) is 6.04 Å². The Morgan fingerprint density at radius 3 is 2.78 bits per heavy atom. The highest BCUT2D eigenvalue weighted by Gasteiger charge is 2.35. The van der Waals surface area contributed by atoms with Gasteiger partial charge in [-0.25, -0.2) is 13.4 Å². The summed E-state index contributed by atoms with van der Waals surface area (Å²) in [5.74, 6) is 1.78. The van der Waals surface area contributed by atoms with Gasteiger partial charge in [0.1, 0.15) is 5.82 Å². The van der Waals surface area contributed by atoms with Crippen molar-refractivity contribution in [2.45, 2.75) is 51.7 Å². The van der Waals surface area contributed by atoms with Crippen molar-refractivity contribution >= 4 is 21.4 Å². The number of rotatable bonds is 4. The van der Waals surface area contributed by atoms with Gasteiger partial charge in [-0.3, -0.25) is 4.90 Å². The van der Waals surface area contributed by atoms with Crippen LogP contribution in [0.15, 0.2) is 5.51 Å². The molecule has 1 saturated heterocycles. The molecule has 4 heterocycles. The molecule has 2 aromatic rings. The molecule has 2 aromatic heterocycles. The summed E-state index contributed by atoms with van der Waals surface area (Å²) in [7, 11) is -3.25. The van der Waals surface area contributed by atoms with Gasteiger partial charge in [-0.05, 0) is 19.8 Å². The fourth-order valence-corrected chi connectivity index (χ4v) is 5.98. The lowest BCUT2D eigenvalue weighted by molar-refractivity contribution is 0.236. The first-order valence-electron chi connectivity index (χ1n) is 9.43. The molecular formula is C17H26N6O2S2. The van der Waals surface area contributed by atoms with E-state index in [4.69, 9.17) is 0 Å². The van der Waals surface area contributed by atoms with E-state index in [2.05, 4.69) is 31.6 Å². The van der Waals surface area contributed by atoms with Gasteiger partial charge in [0.05, 0.1) is 23.5 Å². The van der Waals surface area contributed by atoms with E-state index < -0.39 is 10.0 Å². The number of thiazole rings is 1. The lowest BCUT2D eigenvalue weighted by Crippen LogP contribution is -2.39. The molecule has 0 spiro atoms. The summed E-state index contributed by atoms with van der Waals surface area (Å²) in [6.07, 6.45) is 4.87. The largest absolute Gasteiger partial charge is 0.312 e. The normalized spacial score (nSPS) is 22.5. The first-order valence-corrected chi connectivity index (χ1v) is 12.2. The fourth-order valence-electron chi connectivity index (χ4n) is 4.03. The summed E-state index contributed by atoms with van der Waals surface area (Å²) in [6, 6.07) is -0.190. The number of hydrogen-bond acceptors (Lipinski definition) is 7. The van der Waals surface area contributed by atoms with Crippen molar-refractivity contribution in [2.24, 2.45) is 0 Å². The molecule has 0 saturated carbocycles. The Bertz CT molecular complexity index is 906. The predicted molar refractivity (Wildman–Crippen MR) is 104 cm³/mol. The lowest BCUT2D eigenvalue weighted by atomic mass is 10.0. The number of fused-ring (bicyclic) bond motifs is 1. The lowest BCUT2D eigenvalue weighted by Gasteiger charge is -2.33. The standard InChI is InChI=1S/C17H26N6O2S2/c1-13-15(26-12-18-13)11-21-8-6-16-19-20-17(22(16)10-9-21)14-5-3-4-7-23(14)27(2,24)25/h12,14H,3-11H2,1-2H3. The molecule has 0 aromatic carbocycles. The second-order valence-corrected chi connectivity index (χ2v) is 10.3. The van der Waals surface area contributed by atoms with Gasteiger partial charge in [0, 0.05) is 44.0 Å². The van der Waals surface area contributed by atoms with E-state index in [0.717, 1.165) is 69.2 Å². The molecule has 4 rings (SSSR count). The predicted octanol–water partition coefficient (Wildman–Crippen LogP) is 1.59. The molecular weight excluding hydrogens is 384 g/mol. The maximum absolute atomic E-state index is 12.2. The highest BCUT2D eigenvalue weighted by atomic mass is 32.2. The zero-order chi connectivity index (χ0) is 19.0. The molecule has 1 atom stereocenters. The van der Waals surface area contributed by atoms with Gasteiger partial charge < -0.3 is 4.57 Å². The van der Waals surface area contributed by atoms with E-state index in [1.165, 1.54) is 11.1 Å². The van der Waals surface area contributed by atoms with Crippen LogP contribution >= 0.6 is 11.3 Å². The van der Waals surface area contributed by atoms with Crippen molar-refractivity contribution in [1.29, 1.82) is 0 Å². The minimum absolute atomic E-state index is 0.190. The minimum Gasteiger partial charge on any atom is -0.312 e. The first-order chi connectivity index (χ1) is 12.9. The highest BCUT2D eigenvalue weighted by Crippen LogP contribution is 2.32. The molecule has 1 fully saturated rings. The van der Waals surface area contributed by atoms with Crippen LogP contribution in [0.4, 0.5) is 0 Å². The molecule has 0 aliphatic carbocycles. The fraction of sp³-hybridized carbons (Fsp3) is 0.706. The number of nitrogens with zero attached hydrogens (tertiary/aromatic N) is 6. The molecule has 0 radical (unpaired) electrons. The molecule has 0 bridgehead atoms. The third-order valence-electron chi connectivity index (χ3n) is 5.54. The van der Waals surface area contributed by atoms with Crippen molar-refractivity contribution in [3.63, 3.8) is 0 Å². The maximum Gasteiger partial charge on any atom is 0.211 e. The van der Waals surface area contributed by atoms with Crippen molar-refractivity contribution in [1.82, 2.24) is 29.0 Å². The Morgan fingerprint density at radius 2 is 2.04 bits per heavy atom.